The smallest absolute Gasteiger partial charge is 0.151 e. The zero-order valence-corrected chi connectivity index (χ0v) is 15.7. The molecule has 0 aliphatic carbocycles. The van der Waals surface area contributed by atoms with Crippen molar-refractivity contribution in [1.82, 2.24) is 15.0 Å². The summed E-state index contributed by atoms with van der Waals surface area (Å²) in [4.78, 5) is 12.5. The van der Waals surface area contributed by atoms with Crippen molar-refractivity contribution in [3.05, 3.63) is 59.7 Å². The Labute approximate surface area is 143 Å². The lowest BCUT2D eigenvalue weighted by Gasteiger charge is -2.35. The van der Waals surface area contributed by atoms with Gasteiger partial charge in [-0.15, -0.1) is 5.10 Å². The molecule has 0 bridgehead atoms. The van der Waals surface area contributed by atoms with Crippen molar-refractivity contribution in [2.45, 2.75) is 38.1 Å². The van der Waals surface area contributed by atoms with Gasteiger partial charge in [-0.2, -0.15) is 0 Å². The minimum absolute atomic E-state index is 0.779. The summed E-state index contributed by atoms with van der Waals surface area (Å²) in [6.45, 7) is 8.89. The maximum absolute atomic E-state index is 12.5. The number of benzene rings is 2. The molecule has 1 atom stereocenters. The van der Waals surface area contributed by atoms with E-state index < -0.39 is 13.6 Å². The van der Waals surface area contributed by atoms with Crippen molar-refractivity contribution in [2.24, 2.45) is 0 Å². The lowest BCUT2D eigenvalue weighted by Crippen LogP contribution is -2.44. The van der Waals surface area contributed by atoms with Gasteiger partial charge in [0.1, 0.15) is 11.1 Å². The summed E-state index contributed by atoms with van der Waals surface area (Å²) in [5.74, 6) is 0. The zero-order valence-electron chi connectivity index (χ0n) is 14.7. The van der Waals surface area contributed by atoms with Crippen LogP contribution >= 0.6 is 0 Å². The van der Waals surface area contributed by atoms with Crippen LogP contribution in [0.3, 0.4) is 0 Å². The molecule has 0 aliphatic rings. The van der Waals surface area contributed by atoms with Gasteiger partial charge in [-0.05, 0) is 36.2 Å². The third-order valence-electron chi connectivity index (χ3n) is 4.34. The van der Waals surface area contributed by atoms with Crippen molar-refractivity contribution in [3.63, 3.8) is 0 Å². The molecule has 24 heavy (non-hydrogen) atoms. The van der Waals surface area contributed by atoms with Crippen LogP contribution in [-0.4, -0.2) is 29.4 Å². The van der Waals surface area contributed by atoms with E-state index in [4.69, 9.17) is 0 Å². The first-order chi connectivity index (χ1) is 11.4. The highest BCUT2D eigenvalue weighted by Gasteiger charge is 2.41. The number of fused-ring (bicyclic) bond motifs is 1. The van der Waals surface area contributed by atoms with Crippen LogP contribution in [0, 0.1) is 6.92 Å². The summed E-state index contributed by atoms with van der Waals surface area (Å²) >= 11 is 0. The summed E-state index contributed by atoms with van der Waals surface area (Å²) in [7, 11) is -1.58. The van der Waals surface area contributed by atoms with E-state index in [1.165, 1.54) is 0 Å². The Bertz CT molecular complexity index is 881. The zero-order chi connectivity index (χ0) is 17.4. The molecule has 0 amide bonds. The van der Waals surface area contributed by atoms with E-state index in [-0.39, 0.29) is 0 Å². The van der Waals surface area contributed by atoms with Crippen LogP contribution in [0.1, 0.15) is 11.1 Å². The van der Waals surface area contributed by atoms with Crippen molar-refractivity contribution in [2.75, 3.05) is 0 Å². The second-order valence-electron chi connectivity index (χ2n) is 7.58. The first kappa shape index (κ1) is 16.6. The van der Waals surface area contributed by atoms with Gasteiger partial charge in [0.05, 0.1) is 5.52 Å². The third kappa shape index (κ3) is 2.80. The molecule has 0 fully saturated rings. The van der Waals surface area contributed by atoms with E-state index >= 15 is 0 Å². The van der Waals surface area contributed by atoms with Crippen molar-refractivity contribution < 1.29 is 4.79 Å². The maximum atomic E-state index is 12.5. The number of aldehydes is 1. The number of carbonyl (C=O) groups excluding carboxylic acids is 1. The number of carbonyl (C=O) groups is 1. The van der Waals surface area contributed by atoms with E-state index in [9.17, 15) is 4.79 Å². The average Bonchev–Trinajstić information content (AvgIpc) is 2.97. The van der Waals surface area contributed by atoms with Crippen LogP contribution in [-0.2, 0) is 10.3 Å². The maximum Gasteiger partial charge on any atom is 0.151 e. The number of hydrogen-bond donors (Lipinski definition) is 0. The Morgan fingerprint density at radius 3 is 2.42 bits per heavy atom. The quantitative estimate of drug-likeness (QED) is 0.522. The Morgan fingerprint density at radius 2 is 1.75 bits per heavy atom. The molecule has 0 spiro atoms. The molecule has 124 valence electrons. The molecule has 1 unspecified atom stereocenters. The Kier molecular flexibility index (Phi) is 4.13. The topological polar surface area (TPSA) is 47.8 Å². The molecule has 5 heteroatoms. The summed E-state index contributed by atoms with van der Waals surface area (Å²) in [5.41, 5.74) is 3.01. The molecular weight excluding hydrogens is 314 g/mol. The summed E-state index contributed by atoms with van der Waals surface area (Å²) < 4.78 is 1.83. The SMILES string of the molecule is Cc1ccccc1C(C=O)(C[Si](C)(C)C)n1nnc2ccccc21. The van der Waals surface area contributed by atoms with Gasteiger partial charge in [-0.1, -0.05) is 61.3 Å². The largest absolute Gasteiger partial charge is 0.300 e. The molecule has 0 saturated heterocycles. The summed E-state index contributed by atoms with van der Waals surface area (Å²) in [6.07, 6.45) is 1.06. The fourth-order valence-corrected chi connectivity index (χ4v) is 5.51. The van der Waals surface area contributed by atoms with Gasteiger partial charge in [-0.25, -0.2) is 4.68 Å². The van der Waals surface area contributed by atoms with Gasteiger partial charge in [0.2, 0.25) is 0 Å². The number of aromatic nitrogens is 3. The van der Waals surface area contributed by atoms with Crippen LogP contribution < -0.4 is 0 Å². The minimum Gasteiger partial charge on any atom is -0.300 e. The monoisotopic (exact) mass is 337 g/mol. The van der Waals surface area contributed by atoms with Crippen LogP contribution in [0.15, 0.2) is 48.5 Å². The van der Waals surface area contributed by atoms with Gasteiger partial charge < -0.3 is 4.79 Å². The minimum atomic E-state index is -1.58. The molecule has 1 aromatic heterocycles. The molecular formula is C19H23N3OSi. The van der Waals surface area contributed by atoms with E-state index in [0.717, 1.165) is 34.5 Å². The lowest BCUT2D eigenvalue weighted by molar-refractivity contribution is -0.113. The molecule has 1 heterocycles. The average molecular weight is 337 g/mol. The number of rotatable bonds is 5. The van der Waals surface area contributed by atoms with E-state index in [2.05, 4.69) is 42.9 Å². The predicted molar refractivity (Wildman–Crippen MR) is 100 cm³/mol. The lowest BCUT2D eigenvalue weighted by atomic mass is 9.89. The van der Waals surface area contributed by atoms with Crippen LogP contribution in [0.4, 0.5) is 0 Å². The molecule has 3 aromatic rings. The molecule has 0 saturated carbocycles. The standard InChI is InChI=1S/C19H23N3OSi/c1-15-9-5-6-10-16(15)19(13-23,14-24(2,3)4)22-18-12-8-7-11-17(18)20-21-22/h5-13H,14H2,1-4H3. The van der Waals surface area contributed by atoms with E-state index in [1.807, 2.05) is 47.1 Å². The molecule has 2 aromatic carbocycles. The van der Waals surface area contributed by atoms with Gasteiger partial charge in [0.15, 0.2) is 6.29 Å². The van der Waals surface area contributed by atoms with Gasteiger partial charge in [0, 0.05) is 8.07 Å². The fraction of sp³-hybridized carbons (Fsp3) is 0.316. The van der Waals surface area contributed by atoms with Gasteiger partial charge in [0.25, 0.3) is 0 Å². The highest BCUT2D eigenvalue weighted by atomic mass is 28.3. The Balaban J connectivity index is 2.33. The first-order valence-electron chi connectivity index (χ1n) is 8.21. The summed E-state index contributed by atoms with van der Waals surface area (Å²) in [6, 6.07) is 16.7. The van der Waals surface area contributed by atoms with Crippen LogP contribution in [0.5, 0.6) is 0 Å². The summed E-state index contributed by atoms with van der Waals surface area (Å²) in [5, 5.41) is 8.69. The fourth-order valence-electron chi connectivity index (χ4n) is 3.47. The number of nitrogens with zero attached hydrogens (tertiary/aromatic N) is 3. The molecule has 0 radical (unpaired) electrons. The normalized spacial score (nSPS) is 14.5. The van der Waals surface area contributed by atoms with Gasteiger partial charge in [-0.3, -0.25) is 0 Å². The van der Waals surface area contributed by atoms with E-state index in [1.54, 1.807) is 0 Å². The van der Waals surface area contributed by atoms with E-state index in [0.29, 0.717) is 0 Å². The van der Waals surface area contributed by atoms with Crippen molar-refractivity contribution >= 4 is 25.4 Å². The third-order valence-corrected chi connectivity index (χ3v) is 5.94. The highest BCUT2D eigenvalue weighted by Crippen LogP contribution is 2.36. The van der Waals surface area contributed by atoms with Gasteiger partial charge >= 0.3 is 0 Å². The Hall–Kier alpha value is -2.27. The molecule has 0 aliphatic heterocycles. The van der Waals surface area contributed by atoms with Crippen LogP contribution in [0.2, 0.25) is 25.7 Å². The second kappa shape index (κ2) is 5.98. The van der Waals surface area contributed by atoms with Crippen LogP contribution in [0.25, 0.3) is 11.0 Å². The highest BCUT2D eigenvalue weighted by molar-refractivity contribution is 6.76. The number of hydrogen-bond acceptors (Lipinski definition) is 3. The second-order valence-corrected chi connectivity index (χ2v) is 13.1. The van der Waals surface area contributed by atoms with Crippen molar-refractivity contribution in [3.8, 4) is 0 Å². The predicted octanol–water partition coefficient (Wildman–Crippen LogP) is 4.02. The molecule has 3 rings (SSSR count). The molecule has 0 N–H and O–H groups in total. The Morgan fingerprint density at radius 1 is 1.08 bits per heavy atom. The number of aryl methyl sites for hydroxylation is 1. The van der Waals surface area contributed by atoms with Crippen molar-refractivity contribution in [1.29, 1.82) is 0 Å². The first-order valence-corrected chi connectivity index (χ1v) is 11.9. The molecule has 4 nitrogen and oxygen atoms in total. The number of para-hydroxylation sites is 1.